The second-order valence-electron chi connectivity index (χ2n) is 5.34. The number of pyridine rings is 1. The topological polar surface area (TPSA) is 12.9 Å². The molecule has 0 bridgehead atoms. The summed E-state index contributed by atoms with van der Waals surface area (Å²) < 4.78 is 0. The van der Waals surface area contributed by atoms with Gasteiger partial charge < -0.3 is 0 Å². The third-order valence-electron chi connectivity index (χ3n) is 3.24. The van der Waals surface area contributed by atoms with Gasteiger partial charge in [-0.25, -0.2) is 0 Å². The molecule has 1 aromatic carbocycles. The molecular weight excluding hydrogens is 218 g/mol. The van der Waals surface area contributed by atoms with Crippen LogP contribution in [0.5, 0.6) is 0 Å². The summed E-state index contributed by atoms with van der Waals surface area (Å²) in [5.74, 6) is 0.958. The molecule has 2 aromatic rings. The Labute approximate surface area is 110 Å². The molecule has 0 fully saturated rings. The molecular formula is C17H21N. The van der Waals surface area contributed by atoms with Crippen molar-refractivity contribution in [3.8, 4) is 11.1 Å². The zero-order valence-electron chi connectivity index (χ0n) is 11.6. The molecule has 1 heterocycles. The fourth-order valence-electron chi connectivity index (χ4n) is 2.33. The van der Waals surface area contributed by atoms with E-state index in [1.807, 2.05) is 6.20 Å². The monoisotopic (exact) mass is 239 g/mol. The van der Waals surface area contributed by atoms with Crippen molar-refractivity contribution in [2.24, 2.45) is 0 Å². The highest BCUT2D eigenvalue weighted by atomic mass is 14.7. The fourth-order valence-corrected chi connectivity index (χ4v) is 2.33. The van der Waals surface area contributed by atoms with Gasteiger partial charge >= 0.3 is 0 Å². The number of hydrogen-bond acceptors (Lipinski definition) is 1. The Hall–Kier alpha value is -1.63. The number of aromatic nitrogens is 1. The highest BCUT2D eigenvalue weighted by molar-refractivity contribution is 5.70. The first kappa shape index (κ1) is 12.8. The highest BCUT2D eigenvalue weighted by Gasteiger charge is 2.15. The summed E-state index contributed by atoms with van der Waals surface area (Å²) in [7, 11) is 0. The maximum atomic E-state index is 4.60. The largest absolute Gasteiger partial charge is 0.260 e. The molecule has 18 heavy (non-hydrogen) atoms. The van der Waals surface area contributed by atoms with Gasteiger partial charge in [0.2, 0.25) is 0 Å². The molecule has 0 saturated heterocycles. The molecule has 0 spiro atoms. The average Bonchev–Trinajstić information content (AvgIpc) is 2.38. The zero-order chi connectivity index (χ0) is 13.1. The van der Waals surface area contributed by atoms with Crippen molar-refractivity contribution in [1.29, 1.82) is 0 Å². The van der Waals surface area contributed by atoms with E-state index in [4.69, 9.17) is 0 Å². The van der Waals surface area contributed by atoms with Gasteiger partial charge in [-0.2, -0.15) is 0 Å². The second-order valence-corrected chi connectivity index (χ2v) is 5.34. The molecule has 0 aliphatic heterocycles. The highest BCUT2D eigenvalue weighted by Crippen LogP contribution is 2.34. The van der Waals surface area contributed by atoms with Gasteiger partial charge in [-0.05, 0) is 29.0 Å². The van der Waals surface area contributed by atoms with Crippen molar-refractivity contribution in [2.75, 3.05) is 0 Å². The summed E-state index contributed by atoms with van der Waals surface area (Å²) in [5.41, 5.74) is 5.19. The number of nitrogens with zero attached hydrogens (tertiary/aromatic N) is 1. The third-order valence-corrected chi connectivity index (χ3v) is 3.24. The Balaban J connectivity index is 2.69. The lowest BCUT2D eigenvalue weighted by Gasteiger charge is -2.18. The first-order valence-electron chi connectivity index (χ1n) is 6.65. The smallest absolute Gasteiger partial charge is 0.0510 e. The molecule has 0 atom stereocenters. The van der Waals surface area contributed by atoms with E-state index in [1.54, 1.807) is 0 Å². The Morgan fingerprint density at radius 1 is 0.833 bits per heavy atom. The van der Waals surface area contributed by atoms with E-state index >= 15 is 0 Å². The van der Waals surface area contributed by atoms with Crippen LogP contribution in [0, 0.1) is 0 Å². The van der Waals surface area contributed by atoms with Gasteiger partial charge in [-0.15, -0.1) is 0 Å². The molecule has 94 valence electrons. The van der Waals surface area contributed by atoms with Crippen molar-refractivity contribution in [3.63, 3.8) is 0 Å². The van der Waals surface area contributed by atoms with Crippen LogP contribution in [0.1, 0.15) is 50.8 Å². The van der Waals surface area contributed by atoms with Crippen LogP contribution in [-0.2, 0) is 0 Å². The van der Waals surface area contributed by atoms with Gasteiger partial charge in [-0.3, -0.25) is 4.98 Å². The summed E-state index contributed by atoms with van der Waals surface area (Å²) in [6.07, 6.45) is 1.94. The Bertz CT molecular complexity index is 486. The summed E-state index contributed by atoms with van der Waals surface area (Å²) in [5, 5.41) is 0. The van der Waals surface area contributed by atoms with Crippen LogP contribution in [0.2, 0.25) is 0 Å². The lowest BCUT2D eigenvalue weighted by Crippen LogP contribution is -2.02. The van der Waals surface area contributed by atoms with Crippen molar-refractivity contribution in [1.82, 2.24) is 4.98 Å². The van der Waals surface area contributed by atoms with Gasteiger partial charge in [0, 0.05) is 11.8 Å². The lowest BCUT2D eigenvalue weighted by molar-refractivity contribution is 0.804. The van der Waals surface area contributed by atoms with Crippen molar-refractivity contribution < 1.29 is 0 Å². The summed E-state index contributed by atoms with van der Waals surface area (Å²) >= 11 is 0. The standard InChI is InChI=1S/C17H21N/c1-12(2)15-10-11-18-17(13(3)4)16(15)14-8-6-5-7-9-14/h5-13H,1-4H3. The van der Waals surface area contributed by atoms with Gasteiger partial charge in [-0.1, -0.05) is 58.0 Å². The second kappa shape index (κ2) is 5.34. The molecule has 0 amide bonds. The van der Waals surface area contributed by atoms with Crippen molar-refractivity contribution in [3.05, 3.63) is 53.9 Å². The maximum absolute atomic E-state index is 4.60. The molecule has 0 aliphatic carbocycles. The SMILES string of the molecule is CC(C)c1ccnc(C(C)C)c1-c1ccccc1. The number of hydrogen-bond donors (Lipinski definition) is 0. The van der Waals surface area contributed by atoms with Gasteiger partial charge in [0.05, 0.1) is 5.69 Å². The Morgan fingerprint density at radius 2 is 1.50 bits per heavy atom. The predicted octanol–water partition coefficient (Wildman–Crippen LogP) is 5.00. The van der Waals surface area contributed by atoms with Crippen LogP contribution in [0.4, 0.5) is 0 Å². The van der Waals surface area contributed by atoms with Crippen LogP contribution in [0.3, 0.4) is 0 Å². The first-order valence-corrected chi connectivity index (χ1v) is 6.65. The zero-order valence-corrected chi connectivity index (χ0v) is 11.6. The van der Waals surface area contributed by atoms with Crippen LogP contribution < -0.4 is 0 Å². The molecule has 1 heteroatoms. The van der Waals surface area contributed by atoms with Crippen LogP contribution in [0.25, 0.3) is 11.1 Å². The molecule has 0 N–H and O–H groups in total. The van der Waals surface area contributed by atoms with E-state index < -0.39 is 0 Å². The molecule has 1 aromatic heterocycles. The quantitative estimate of drug-likeness (QED) is 0.735. The predicted molar refractivity (Wildman–Crippen MR) is 77.9 cm³/mol. The van der Waals surface area contributed by atoms with Gasteiger partial charge in [0.25, 0.3) is 0 Å². The molecule has 0 unspecified atom stereocenters. The minimum Gasteiger partial charge on any atom is -0.260 e. The molecule has 1 nitrogen and oxygen atoms in total. The Kier molecular flexibility index (Phi) is 3.81. The number of rotatable bonds is 3. The van der Waals surface area contributed by atoms with E-state index in [0.717, 1.165) is 0 Å². The van der Waals surface area contributed by atoms with Crippen molar-refractivity contribution >= 4 is 0 Å². The van der Waals surface area contributed by atoms with Gasteiger partial charge in [0.15, 0.2) is 0 Å². The third kappa shape index (κ3) is 2.45. The first-order chi connectivity index (χ1) is 8.61. The average molecular weight is 239 g/mol. The van der Waals surface area contributed by atoms with Crippen LogP contribution in [-0.4, -0.2) is 4.98 Å². The molecule has 0 saturated carbocycles. The van der Waals surface area contributed by atoms with Gasteiger partial charge in [0.1, 0.15) is 0 Å². The van der Waals surface area contributed by atoms with Crippen LogP contribution >= 0.6 is 0 Å². The Morgan fingerprint density at radius 3 is 2.06 bits per heavy atom. The van der Waals surface area contributed by atoms with E-state index in [2.05, 4.69) is 69.1 Å². The lowest BCUT2D eigenvalue weighted by atomic mass is 9.89. The summed E-state index contributed by atoms with van der Waals surface area (Å²) in [6.45, 7) is 8.90. The van der Waals surface area contributed by atoms with E-state index in [0.29, 0.717) is 11.8 Å². The summed E-state index contributed by atoms with van der Waals surface area (Å²) in [6, 6.07) is 12.7. The van der Waals surface area contributed by atoms with E-state index in [9.17, 15) is 0 Å². The van der Waals surface area contributed by atoms with Crippen molar-refractivity contribution in [2.45, 2.75) is 39.5 Å². The molecule has 2 rings (SSSR count). The summed E-state index contributed by atoms with van der Waals surface area (Å²) in [4.78, 5) is 4.60. The molecule has 0 aliphatic rings. The normalized spacial score (nSPS) is 11.2. The molecule has 0 radical (unpaired) electrons. The minimum atomic E-state index is 0.443. The minimum absolute atomic E-state index is 0.443. The fraction of sp³-hybridized carbons (Fsp3) is 0.353. The van der Waals surface area contributed by atoms with Crippen LogP contribution in [0.15, 0.2) is 42.6 Å². The number of benzene rings is 1. The van der Waals surface area contributed by atoms with E-state index in [-0.39, 0.29) is 0 Å². The van der Waals surface area contributed by atoms with E-state index in [1.165, 1.54) is 22.4 Å². The maximum Gasteiger partial charge on any atom is 0.0510 e.